The van der Waals surface area contributed by atoms with Gasteiger partial charge in [-0.3, -0.25) is 5.10 Å². The Balaban J connectivity index is 2.22. The van der Waals surface area contributed by atoms with Gasteiger partial charge >= 0.3 is 0 Å². The number of nitrogens with one attached hydrogen (secondary N) is 1. The predicted octanol–water partition coefficient (Wildman–Crippen LogP) is 3.08. The molecule has 0 spiro atoms. The average molecular weight is 225 g/mol. The van der Waals surface area contributed by atoms with Crippen LogP contribution in [-0.2, 0) is 13.0 Å². The number of hydrogen-bond acceptors (Lipinski definition) is 2. The lowest BCUT2D eigenvalue weighted by Crippen LogP contribution is -2.34. The van der Waals surface area contributed by atoms with Crippen molar-refractivity contribution in [1.29, 1.82) is 0 Å². The van der Waals surface area contributed by atoms with Gasteiger partial charge in [-0.2, -0.15) is 5.10 Å². The topological polar surface area (TPSA) is 33.6 Å². The van der Waals surface area contributed by atoms with Crippen LogP contribution in [0.2, 0.25) is 0 Å². The van der Waals surface area contributed by atoms with Crippen LogP contribution in [0.3, 0.4) is 0 Å². The lowest BCUT2D eigenvalue weighted by molar-refractivity contribution is 0.0984. The zero-order valence-electron chi connectivity index (χ0n) is 9.55. The molecule has 0 saturated heterocycles. The van der Waals surface area contributed by atoms with E-state index in [0.717, 1.165) is 23.6 Å². The van der Waals surface area contributed by atoms with Crippen LogP contribution in [0.5, 0.6) is 0 Å². The minimum atomic E-state index is 0.506. The highest BCUT2D eigenvalue weighted by atomic mass is 32.1. The number of H-pyrrole nitrogens is 1. The lowest BCUT2D eigenvalue weighted by atomic mass is 9.67. The van der Waals surface area contributed by atoms with Crippen molar-refractivity contribution in [3.8, 4) is 0 Å². The van der Waals surface area contributed by atoms with Crippen LogP contribution in [-0.4, -0.2) is 14.8 Å². The second-order valence-corrected chi connectivity index (χ2v) is 4.98. The quantitative estimate of drug-likeness (QED) is 0.799. The number of aryl methyl sites for hydroxylation is 1. The molecule has 2 rings (SSSR count). The van der Waals surface area contributed by atoms with Crippen molar-refractivity contribution in [3.05, 3.63) is 10.6 Å². The van der Waals surface area contributed by atoms with E-state index in [-0.39, 0.29) is 0 Å². The Morgan fingerprint density at radius 2 is 2.20 bits per heavy atom. The molecule has 0 bridgehead atoms. The molecule has 15 heavy (non-hydrogen) atoms. The van der Waals surface area contributed by atoms with Crippen LogP contribution in [0.1, 0.15) is 45.4 Å². The van der Waals surface area contributed by atoms with Crippen LogP contribution in [0.4, 0.5) is 0 Å². The molecular weight excluding hydrogens is 206 g/mol. The summed E-state index contributed by atoms with van der Waals surface area (Å²) >= 11 is 5.27. The highest BCUT2D eigenvalue weighted by molar-refractivity contribution is 7.71. The fraction of sp³-hybridized carbons (Fsp3) is 0.818. The summed E-state index contributed by atoms with van der Waals surface area (Å²) in [7, 11) is 0. The third kappa shape index (κ3) is 1.87. The highest BCUT2D eigenvalue weighted by Crippen LogP contribution is 2.45. The Kier molecular flexibility index (Phi) is 2.96. The van der Waals surface area contributed by atoms with Gasteiger partial charge < -0.3 is 4.57 Å². The van der Waals surface area contributed by atoms with Crippen molar-refractivity contribution in [3.63, 3.8) is 0 Å². The van der Waals surface area contributed by atoms with E-state index in [4.69, 9.17) is 12.2 Å². The summed E-state index contributed by atoms with van der Waals surface area (Å²) in [5.74, 6) is 1.10. The summed E-state index contributed by atoms with van der Waals surface area (Å²) < 4.78 is 2.98. The number of aromatic nitrogens is 3. The first kappa shape index (κ1) is 10.9. The molecule has 1 aliphatic rings. The van der Waals surface area contributed by atoms with Crippen molar-refractivity contribution < 1.29 is 0 Å². The van der Waals surface area contributed by atoms with Gasteiger partial charge in [0.2, 0.25) is 0 Å². The maximum Gasteiger partial charge on any atom is 0.195 e. The van der Waals surface area contributed by atoms with Gasteiger partial charge in [-0.15, -0.1) is 0 Å². The predicted molar refractivity (Wildman–Crippen MR) is 63.4 cm³/mol. The molecule has 3 nitrogen and oxygen atoms in total. The fourth-order valence-corrected chi connectivity index (χ4v) is 2.63. The van der Waals surface area contributed by atoms with E-state index >= 15 is 0 Å². The van der Waals surface area contributed by atoms with Gasteiger partial charge in [-0.05, 0) is 36.9 Å². The van der Waals surface area contributed by atoms with Gasteiger partial charge in [0.05, 0.1) is 0 Å². The molecule has 1 aromatic rings. The minimum absolute atomic E-state index is 0.506. The third-order valence-corrected chi connectivity index (χ3v) is 4.12. The zero-order chi connectivity index (χ0) is 10.9. The van der Waals surface area contributed by atoms with E-state index in [0.29, 0.717) is 5.41 Å². The van der Waals surface area contributed by atoms with Crippen molar-refractivity contribution in [2.45, 2.75) is 52.5 Å². The van der Waals surface area contributed by atoms with Gasteiger partial charge in [0, 0.05) is 13.0 Å². The van der Waals surface area contributed by atoms with E-state index in [1.807, 2.05) is 0 Å². The van der Waals surface area contributed by atoms with E-state index in [1.54, 1.807) is 0 Å². The molecular formula is C11H19N3S. The molecule has 0 unspecified atom stereocenters. The average Bonchev–Trinajstić information content (AvgIpc) is 2.53. The molecule has 0 atom stereocenters. The second-order valence-electron chi connectivity index (χ2n) is 4.59. The Morgan fingerprint density at radius 1 is 1.47 bits per heavy atom. The van der Waals surface area contributed by atoms with Gasteiger partial charge in [0.1, 0.15) is 5.82 Å². The molecule has 1 aliphatic carbocycles. The smallest absolute Gasteiger partial charge is 0.195 e. The molecule has 0 aliphatic heterocycles. The highest BCUT2D eigenvalue weighted by Gasteiger charge is 2.35. The van der Waals surface area contributed by atoms with Crippen LogP contribution >= 0.6 is 12.2 Å². The summed E-state index contributed by atoms with van der Waals surface area (Å²) in [6.45, 7) is 5.47. The standard InChI is InChI=1S/C11H19N3S/c1-3-9-12-13-10(15)14(9)8-11(4-2)6-5-7-11/h3-8H2,1-2H3,(H,13,15). The Bertz CT molecular complexity index is 381. The molecule has 0 amide bonds. The van der Waals surface area contributed by atoms with E-state index in [1.165, 1.54) is 25.7 Å². The lowest BCUT2D eigenvalue weighted by Gasteiger charge is -2.41. The molecule has 0 aromatic carbocycles. The summed E-state index contributed by atoms with van der Waals surface area (Å²) in [6.07, 6.45) is 6.27. The molecule has 1 aromatic heterocycles. The van der Waals surface area contributed by atoms with Crippen molar-refractivity contribution in [1.82, 2.24) is 14.8 Å². The van der Waals surface area contributed by atoms with Crippen molar-refractivity contribution in [2.75, 3.05) is 0 Å². The first-order chi connectivity index (χ1) is 7.21. The Labute approximate surface area is 95.9 Å². The van der Waals surface area contributed by atoms with E-state index in [2.05, 4.69) is 28.6 Å². The minimum Gasteiger partial charge on any atom is -0.304 e. The molecule has 0 radical (unpaired) electrons. The van der Waals surface area contributed by atoms with Crippen LogP contribution in [0.25, 0.3) is 0 Å². The number of nitrogens with zero attached hydrogens (tertiary/aromatic N) is 2. The maximum absolute atomic E-state index is 5.27. The number of aromatic amines is 1. The van der Waals surface area contributed by atoms with Crippen LogP contribution < -0.4 is 0 Å². The molecule has 4 heteroatoms. The summed E-state index contributed by atoms with van der Waals surface area (Å²) in [5.41, 5.74) is 0.506. The summed E-state index contributed by atoms with van der Waals surface area (Å²) in [6, 6.07) is 0. The molecule has 1 N–H and O–H groups in total. The fourth-order valence-electron chi connectivity index (χ4n) is 2.42. The Morgan fingerprint density at radius 3 is 2.67 bits per heavy atom. The van der Waals surface area contributed by atoms with Gasteiger partial charge in [-0.1, -0.05) is 20.3 Å². The van der Waals surface area contributed by atoms with Gasteiger partial charge in [-0.25, -0.2) is 0 Å². The number of rotatable bonds is 4. The van der Waals surface area contributed by atoms with Gasteiger partial charge in [0.25, 0.3) is 0 Å². The largest absolute Gasteiger partial charge is 0.304 e. The van der Waals surface area contributed by atoms with E-state index < -0.39 is 0 Å². The third-order valence-electron chi connectivity index (χ3n) is 3.81. The van der Waals surface area contributed by atoms with Crippen LogP contribution in [0, 0.1) is 10.2 Å². The first-order valence-electron chi connectivity index (χ1n) is 5.85. The molecule has 84 valence electrons. The summed E-state index contributed by atoms with van der Waals surface area (Å²) in [4.78, 5) is 0. The monoisotopic (exact) mass is 225 g/mol. The molecule has 1 fully saturated rings. The second kappa shape index (κ2) is 4.08. The molecule has 1 heterocycles. The van der Waals surface area contributed by atoms with Crippen molar-refractivity contribution >= 4 is 12.2 Å². The number of hydrogen-bond donors (Lipinski definition) is 1. The SMILES string of the molecule is CCc1n[nH]c(=S)n1CC1(CC)CCC1. The molecule has 1 saturated carbocycles. The van der Waals surface area contributed by atoms with Gasteiger partial charge in [0.15, 0.2) is 4.77 Å². The van der Waals surface area contributed by atoms with Crippen LogP contribution in [0.15, 0.2) is 0 Å². The summed E-state index contributed by atoms with van der Waals surface area (Å²) in [5, 5.41) is 7.16. The Hall–Kier alpha value is -0.640. The normalized spacial score (nSPS) is 18.8. The van der Waals surface area contributed by atoms with Crippen molar-refractivity contribution in [2.24, 2.45) is 5.41 Å². The maximum atomic E-state index is 5.27. The first-order valence-corrected chi connectivity index (χ1v) is 6.26. The zero-order valence-corrected chi connectivity index (χ0v) is 10.4. The van der Waals surface area contributed by atoms with E-state index in [9.17, 15) is 0 Å².